The van der Waals surface area contributed by atoms with E-state index in [0.717, 1.165) is 16.6 Å². The molecule has 0 aliphatic carbocycles. The fourth-order valence-electron chi connectivity index (χ4n) is 2.58. The van der Waals surface area contributed by atoms with Crippen molar-refractivity contribution in [3.05, 3.63) is 65.1 Å². The Bertz CT molecular complexity index is 1060. The Kier molecular flexibility index (Phi) is 2.66. The zero-order valence-electron chi connectivity index (χ0n) is 11.6. The topological polar surface area (TPSA) is 84.7 Å². The number of nitrogens with two attached hydrogens (primary N) is 1. The maximum absolute atomic E-state index is 12.8. The van der Waals surface area contributed by atoms with Crippen molar-refractivity contribution < 1.29 is 0 Å². The summed E-state index contributed by atoms with van der Waals surface area (Å²) >= 11 is 0. The van der Waals surface area contributed by atoms with Crippen LogP contribution in [0, 0.1) is 0 Å². The predicted molar refractivity (Wildman–Crippen MR) is 87.5 cm³/mol. The zero-order chi connectivity index (χ0) is 15.1. The van der Waals surface area contributed by atoms with Crippen LogP contribution < -0.4 is 11.2 Å². The lowest BCUT2D eigenvalue weighted by Crippen LogP contribution is -2.00. The van der Waals surface area contributed by atoms with E-state index in [9.17, 15) is 4.79 Å². The molecule has 5 nitrogen and oxygen atoms in total. The molecule has 0 fully saturated rings. The highest BCUT2D eigenvalue weighted by atomic mass is 16.1. The molecule has 0 saturated carbocycles. The number of aromatic amines is 1. The average molecular weight is 288 g/mol. The van der Waals surface area contributed by atoms with Crippen molar-refractivity contribution in [1.29, 1.82) is 0 Å². The Morgan fingerprint density at radius 2 is 1.86 bits per heavy atom. The monoisotopic (exact) mass is 288 g/mol. The van der Waals surface area contributed by atoms with Gasteiger partial charge in [-0.25, -0.2) is 0 Å². The van der Waals surface area contributed by atoms with Crippen LogP contribution >= 0.6 is 0 Å². The van der Waals surface area contributed by atoms with E-state index in [1.165, 1.54) is 0 Å². The predicted octanol–water partition coefficient (Wildman–Crippen LogP) is 2.72. The standard InChI is InChI=1S/C17H12N4O/c18-12-3-1-10-2-4-16-14(17(22)13(10)8-12)7-11(9-19-16)15-5-6-20-21-15/h1-9H,18H2,(H,20,21). The van der Waals surface area contributed by atoms with Gasteiger partial charge in [0.2, 0.25) is 0 Å². The van der Waals surface area contributed by atoms with Crippen LogP contribution in [0.3, 0.4) is 0 Å². The highest BCUT2D eigenvalue weighted by molar-refractivity contribution is 5.94. The number of nitrogens with one attached hydrogen (secondary N) is 1. The van der Waals surface area contributed by atoms with Crippen LogP contribution in [0.4, 0.5) is 5.69 Å². The van der Waals surface area contributed by atoms with Crippen LogP contribution in [0.5, 0.6) is 0 Å². The molecule has 106 valence electrons. The third kappa shape index (κ3) is 1.91. The molecule has 0 amide bonds. The summed E-state index contributed by atoms with van der Waals surface area (Å²) < 4.78 is 0. The Morgan fingerprint density at radius 1 is 1.00 bits per heavy atom. The smallest absolute Gasteiger partial charge is 0.195 e. The number of rotatable bonds is 1. The number of hydrogen-bond acceptors (Lipinski definition) is 4. The Hall–Kier alpha value is -3.21. The second-order valence-electron chi connectivity index (χ2n) is 5.13. The van der Waals surface area contributed by atoms with E-state index in [1.54, 1.807) is 24.5 Å². The van der Waals surface area contributed by atoms with Crippen molar-refractivity contribution in [2.45, 2.75) is 0 Å². The molecule has 3 N–H and O–H groups in total. The fourth-order valence-corrected chi connectivity index (χ4v) is 2.58. The normalized spacial score (nSPS) is 11.1. The van der Waals surface area contributed by atoms with Gasteiger partial charge in [-0.05, 0) is 35.7 Å². The highest BCUT2D eigenvalue weighted by Gasteiger charge is 2.07. The van der Waals surface area contributed by atoms with Gasteiger partial charge >= 0.3 is 0 Å². The number of nitrogens with zero attached hydrogens (tertiary/aromatic N) is 2. The first kappa shape index (κ1) is 12.5. The summed E-state index contributed by atoms with van der Waals surface area (Å²) in [5.74, 6) is 0. The molecule has 0 radical (unpaired) electrons. The van der Waals surface area contributed by atoms with Gasteiger partial charge in [-0.3, -0.25) is 14.9 Å². The molecule has 0 saturated heterocycles. The first-order chi connectivity index (χ1) is 10.7. The van der Waals surface area contributed by atoms with Gasteiger partial charge in [0.1, 0.15) is 0 Å². The molecule has 0 aliphatic heterocycles. The zero-order valence-corrected chi connectivity index (χ0v) is 11.6. The summed E-state index contributed by atoms with van der Waals surface area (Å²) in [5.41, 5.74) is 8.51. The Balaban J connectivity index is 2.13. The molecule has 5 heteroatoms. The van der Waals surface area contributed by atoms with Crippen LogP contribution in [0.25, 0.3) is 32.9 Å². The summed E-state index contributed by atoms with van der Waals surface area (Å²) in [7, 11) is 0. The minimum absolute atomic E-state index is 0.0767. The van der Waals surface area contributed by atoms with E-state index in [0.29, 0.717) is 22.0 Å². The third-order valence-electron chi connectivity index (χ3n) is 3.70. The molecule has 0 atom stereocenters. The van der Waals surface area contributed by atoms with Crippen LogP contribution in [-0.2, 0) is 0 Å². The van der Waals surface area contributed by atoms with Crippen LogP contribution in [0.15, 0.2) is 59.7 Å². The molecule has 0 unspecified atom stereocenters. The second kappa shape index (κ2) is 4.66. The molecular formula is C17H12N4O. The van der Waals surface area contributed by atoms with Crippen molar-refractivity contribution in [2.75, 3.05) is 5.73 Å². The van der Waals surface area contributed by atoms with Gasteiger partial charge in [0.15, 0.2) is 5.43 Å². The maximum Gasteiger partial charge on any atom is 0.195 e. The number of H-pyrrole nitrogens is 1. The molecule has 2 aromatic heterocycles. The van der Waals surface area contributed by atoms with E-state index in [2.05, 4.69) is 15.2 Å². The number of benzene rings is 1. The second-order valence-corrected chi connectivity index (χ2v) is 5.13. The summed E-state index contributed by atoms with van der Waals surface area (Å²) in [5, 5.41) is 8.89. The van der Waals surface area contributed by atoms with Crippen molar-refractivity contribution in [2.24, 2.45) is 0 Å². The van der Waals surface area contributed by atoms with E-state index in [4.69, 9.17) is 5.73 Å². The number of fused-ring (bicyclic) bond motifs is 2. The Morgan fingerprint density at radius 3 is 2.68 bits per heavy atom. The first-order valence-corrected chi connectivity index (χ1v) is 6.85. The lowest BCUT2D eigenvalue weighted by Gasteiger charge is -1.97. The van der Waals surface area contributed by atoms with Gasteiger partial charge < -0.3 is 5.73 Å². The number of aromatic nitrogens is 3. The maximum atomic E-state index is 12.8. The van der Waals surface area contributed by atoms with Crippen LogP contribution in [0.2, 0.25) is 0 Å². The van der Waals surface area contributed by atoms with Crippen molar-refractivity contribution >= 4 is 27.4 Å². The van der Waals surface area contributed by atoms with E-state index >= 15 is 0 Å². The molecule has 2 aromatic carbocycles. The highest BCUT2D eigenvalue weighted by Crippen LogP contribution is 2.21. The molecular weight excluding hydrogens is 276 g/mol. The van der Waals surface area contributed by atoms with E-state index in [1.807, 2.05) is 30.3 Å². The molecule has 4 rings (SSSR count). The van der Waals surface area contributed by atoms with Gasteiger partial charge in [0.05, 0.1) is 11.2 Å². The quantitative estimate of drug-likeness (QED) is 0.527. The number of anilines is 1. The van der Waals surface area contributed by atoms with Gasteiger partial charge in [0, 0.05) is 34.4 Å². The fraction of sp³-hybridized carbons (Fsp3) is 0. The third-order valence-corrected chi connectivity index (χ3v) is 3.70. The number of pyridine rings is 1. The molecule has 22 heavy (non-hydrogen) atoms. The minimum atomic E-state index is -0.0767. The largest absolute Gasteiger partial charge is 0.399 e. The molecule has 4 aromatic rings. The lowest BCUT2D eigenvalue weighted by molar-refractivity contribution is 1.09. The summed E-state index contributed by atoms with van der Waals surface area (Å²) in [4.78, 5) is 17.2. The van der Waals surface area contributed by atoms with Crippen LogP contribution in [-0.4, -0.2) is 15.2 Å². The van der Waals surface area contributed by atoms with Crippen LogP contribution in [0.1, 0.15) is 0 Å². The van der Waals surface area contributed by atoms with Gasteiger partial charge in [-0.15, -0.1) is 0 Å². The van der Waals surface area contributed by atoms with Crippen molar-refractivity contribution in [1.82, 2.24) is 15.2 Å². The number of nitrogen functional groups attached to an aromatic ring is 1. The molecule has 2 heterocycles. The van der Waals surface area contributed by atoms with Gasteiger partial charge in [0.25, 0.3) is 0 Å². The van der Waals surface area contributed by atoms with E-state index < -0.39 is 0 Å². The minimum Gasteiger partial charge on any atom is -0.399 e. The van der Waals surface area contributed by atoms with Crippen molar-refractivity contribution in [3.8, 4) is 11.3 Å². The van der Waals surface area contributed by atoms with Gasteiger partial charge in [-0.2, -0.15) is 5.10 Å². The molecule has 0 bridgehead atoms. The van der Waals surface area contributed by atoms with E-state index in [-0.39, 0.29) is 5.43 Å². The first-order valence-electron chi connectivity index (χ1n) is 6.85. The summed E-state index contributed by atoms with van der Waals surface area (Å²) in [6.45, 7) is 0. The summed E-state index contributed by atoms with van der Waals surface area (Å²) in [6.07, 6.45) is 3.45. The molecule has 0 aliphatic rings. The SMILES string of the molecule is Nc1ccc2ccc3ncc(-c4cc[nH]n4)cc3c(=O)c2c1. The van der Waals surface area contributed by atoms with Gasteiger partial charge in [-0.1, -0.05) is 12.1 Å². The lowest BCUT2D eigenvalue weighted by atomic mass is 10.1. The average Bonchev–Trinajstić information content (AvgIpc) is 3.03. The number of hydrogen-bond donors (Lipinski definition) is 2. The Labute approximate surface area is 125 Å². The summed E-state index contributed by atoms with van der Waals surface area (Å²) in [6, 6.07) is 12.7. The molecule has 0 spiro atoms. The van der Waals surface area contributed by atoms with Crippen molar-refractivity contribution in [3.63, 3.8) is 0 Å².